The molecule has 2 aromatic carbocycles. The van der Waals surface area contributed by atoms with Crippen molar-refractivity contribution in [1.82, 2.24) is 15.2 Å². The van der Waals surface area contributed by atoms with Gasteiger partial charge in [-0.1, -0.05) is 28.1 Å². The summed E-state index contributed by atoms with van der Waals surface area (Å²) >= 11 is 5.10. The number of likely N-dealkylation sites (tertiary alicyclic amines) is 1. The van der Waals surface area contributed by atoms with E-state index < -0.39 is 17.6 Å². The highest BCUT2D eigenvalue weighted by Crippen LogP contribution is 2.33. The van der Waals surface area contributed by atoms with E-state index in [9.17, 15) is 22.8 Å². The molecule has 3 aromatic rings. The second-order valence-corrected chi connectivity index (χ2v) is 9.80. The molecular weight excluding hydrogens is 531 g/mol. The molecule has 2 amide bonds. The number of amides is 2. The topological polar surface area (TPSA) is 62.3 Å². The van der Waals surface area contributed by atoms with Crippen molar-refractivity contribution in [2.45, 2.75) is 24.9 Å². The lowest BCUT2D eigenvalue weighted by molar-refractivity contribution is -0.137. The van der Waals surface area contributed by atoms with Gasteiger partial charge in [0.15, 0.2) is 0 Å². The number of hydrogen-bond donors (Lipinski definition) is 1. The molecule has 2 heterocycles. The van der Waals surface area contributed by atoms with E-state index in [4.69, 9.17) is 4.98 Å². The second-order valence-electron chi connectivity index (χ2n) is 7.99. The molecule has 0 spiro atoms. The SMILES string of the molecule is O=C(NCC(=O)N1CCC(c2nc(-c3cccc(Br)c3)cs2)CC1)c1ccc(C(F)(F)F)cc1. The Bertz CT molecular complexity index is 1170. The van der Waals surface area contributed by atoms with Crippen LogP contribution in [-0.2, 0) is 11.0 Å². The van der Waals surface area contributed by atoms with Gasteiger partial charge in [0, 0.05) is 40.0 Å². The zero-order valence-corrected chi connectivity index (χ0v) is 20.3. The fourth-order valence-electron chi connectivity index (χ4n) is 3.81. The van der Waals surface area contributed by atoms with Crippen molar-refractivity contribution in [2.75, 3.05) is 19.6 Å². The Balaban J connectivity index is 1.26. The number of benzene rings is 2. The Labute approximate surface area is 207 Å². The lowest BCUT2D eigenvalue weighted by Gasteiger charge is -2.31. The number of halogens is 4. The maximum absolute atomic E-state index is 12.7. The van der Waals surface area contributed by atoms with Gasteiger partial charge in [0.25, 0.3) is 5.91 Å². The third-order valence-electron chi connectivity index (χ3n) is 5.71. The van der Waals surface area contributed by atoms with Crippen molar-refractivity contribution in [2.24, 2.45) is 0 Å². The smallest absolute Gasteiger partial charge is 0.343 e. The molecule has 10 heteroatoms. The van der Waals surface area contributed by atoms with E-state index in [-0.39, 0.29) is 23.9 Å². The Morgan fingerprint density at radius 3 is 2.47 bits per heavy atom. The first-order valence-electron chi connectivity index (χ1n) is 10.7. The number of hydrogen-bond acceptors (Lipinski definition) is 4. The van der Waals surface area contributed by atoms with Crippen molar-refractivity contribution < 1.29 is 22.8 Å². The van der Waals surface area contributed by atoms with Crippen LogP contribution in [0.1, 0.15) is 39.7 Å². The number of rotatable bonds is 5. The molecule has 0 aliphatic carbocycles. The molecule has 5 nitrogen and oxygen atoms in total. The predicted molar refractivity (Wildman–Crippen MR) is 128 cm³/mol. The highest BCUT2D eigenvalue weighted by molar-refractivity contribution is 9.10. The first-order chi connectivity index (χ1) is 16.2. The first-order valence-corrected chi connectivity index (χ1v) is 12.3. The summed E-state index contributed by atoms with van der Waals surface area (Å²) in [6, 6.07) is 11.9. The van der Waals surface area contributed by atoms with Crippen molar-refractivity contribution in [3.8, 4) is 11.3 Å². The van der Waals surface area contributed by atoms with Crippen LogP contribution in [0.15, 0.2) is 58.4 Å². The van der Waals surface area contributed by atoms with E-state index in [0.717, 1.165) is 57.8 Å². The molecule has 1 aromatic heterocycles. The van der Waals surface area contributed by atoms with Gasteiger partial charge in [-0.3, -0.25) is 9.59 Å². The summed E-state index contributed by atoms with van der Waals surface area (Å²) in [5, 5.41) is 5.60. The minimum absolute atomic E-state index is 0.0736. The number of nitrogens with one attached hydrogen (secondary N) is 1. The molecule has 1 N–H and O–H groups in total. The molecule has 0 bridgehead atoms. The van der Waals surface area contributed by atoms with Gasteiger partial charge in [0.05, 0.1) is 22.8 Å². The molecule has 1 saturated heterocycles. The van der Waals surface area contributed by atoms with Gasteiger partial charge in [-0.15, -0.1) is 11.3 Å². The molecular formula is C24H21BrF3N3O2S. The molecule has 1 fully saturated rings. The standard InChI is InChI=1S/C24H21BrF3N3O2S/c25-19-3-1-2-17(12-19)20-14-34-23(30-20)16-8-10-31(11-9-16)21(32)13-29-22(33)15-4-6-18(7-5-15)24(26,27)28/h1-7,12,14,16H,8-11,13H2,(H,29,33). The average molecular weight is 552 g/mol. The highest BCUT2D eigenvalue weighted by Gasteiger charge is 2.30. The molecule has 4 rings (SSSR count). The molecule has 0 radical (unpaired) electrons. The highest BCUT2D eigenvalue weighted by atomic mass is 79.9. The largest absolute Gasteiger partial charge is 0.416 e. The van der Waals surface area contributed by atoms with Crippen LogP contribution < -0.4 is 5.32 Å². The number of piperidine rings is 1. The number of thiazole rings is 1. The molecule has 0 atom stereocenters. The number of carbonyl (C=O) groups is 2. The van der Waals surface area contributed by atoms with Crippen molar-refractivity contribution in [1.29, 1.82) is 0 Å². The second kappa shape index (κ2) is 10.3. The van der Waals surface area contributed by atoms with E-state index in [2.05, 4.69) is 21.2 Å². The third kappa shape index (κ3) is 5.85. The number of nitrogens with zero attached hydrogens (tertiary/aromatic N) is 2. The Morgan fingerprint density at radius 1 is 1.12 bits per heavy atom. The van der Waals surface area contributed by atoms with Gasteiger partial charge in [-0.25, -0.2) is 4.98 Å². The number of aromatic nitrogens is 1. The summed E-state index contributed by atoms with van der Waals surface area (Å²) < 4.78 is 39.0. The lowest BCUT2D eigenvalue weighted by Crippen LogP contribution is -2.43. The van der Waals surface area contributed by atoms with Crippen LogP contribution in [0.5, 0.6) is 0 Å². The summed E-state index contributed by atoms with van der Waals surface area (Å²) in [4.78, 5) is 31.2. The lowest BCUT2D eigenvalue weighted by atomic mass is 9.97. The minimum Gasteiger partial charge on any atom is -0.343 e. The Morgan fingerprint density at radius 2 is 1.82 bits per heavy atom. The Hall–Kier alpha value is -2.72. The zero-order chi connectivity index (χ0) is 24.3. The van der Waals surface area contributed by atoms with E-state index in [1.807, 2.05) is 29.6 Å². The maximum atomic E-state index is 12.7. The van der Waals surface area contributed by atoms with E-state index in [0.29, 0.717) is 13.1 Å². The van der Waals surface area contributed by atoms with Crippen LogP contribution in [0, 0.1) is 0 Å². The van der Waals surface area contributed by atoms with Gasteiger partial charge < -0.3 is 10.2 Å². The summed E-state index contributed by atoms with van der Waals surface area (Å²) in [6.45, 7) is 0.922. The molecule has 178 valence electrons. The van der Waals surface area contributed by atoms with E-state index in [1.54, 1.807) is 16.2 Å². The van der Waals surface area contributed by atoms with E-state index >= 15 is 0 Å². The normalized spacial score (nSPS) is 14.8. The average Bonchev–Trinajstić information content (AvgIpc) is 3.32. The molecule has 1 aliphatic heterocycles. The third-order valence-corrected chi connectivity index (χ3v) is 7.21. The monoisotopic (exact) mass is 551 g/mol. The summed E-state index contributed by atoms with van der Waals surface area (Å²) in [5.74, 6) is -0.524. The molecule has 0 unspecified atom stereocenters. The molecule has 0 saturated carbocycles. The predicted octanol–water partition coefficient (Wildman–Crippen LogP) is 5.73. The Kier molecular flexibility index (Phi) is 7.37. The summed E-state index contributed by atoms with van der Waals surface area (Å²) in [5.41, 5.74) is 1.23. The minimum atomic E-state index is -4.46. The number of alkyl halides is 3. The van der Waals surface area contributed by atoms with E-state index in [1.165, 1.54) is 0 Å². The maximum Gasteiger partial charge on any atom is 0.416 e. The zero-order valence-electron chi connectivity index (χ0n) is 17.9. The van der Waals surface area contributed by atoms with Gasteiger partial charge in [-0.2, -0.15) is 13.2 Å². The molecule has 34 heavy (non-hydrogen) atoms. The quantitative estimate of drug-likeness (QED) is 0.440. The summed E-state index contributed by atoms with van der Waals surface area (Å²) in [7, 11) is 0. The van der Waals surface area contributed by atoms with Crippen molar-refractivity contribution in [3.63, 3.8) is 0 Å². The van der Waals surface area contributed by atoms with Crippen LogP contribution in [0.2, 0.25) is 0 Å². The van der Waals surface area contributed by atoms with Crippen LogP contribution in [-0.4, -0.2) is 41.3 Å². The van der Waals surface area contributed by atoms with Crippen LogP contribution in [0.3, 0.4) is 0 Å². The fourth-order valence-corrected chi connectivity index (χ4v) is 5.21. The van der Waals surface area contributed by atoms with Crippen LogP contribution in [0.25, 0.3) is 11.3 Å². The van der Waals surface area contributed by atoms with Crippen LogP contribution in [0.4, 0.5) is 13.2 Å². The van der Waals surface area contributed by atoms with Crippen LogP contribution >= 0.6 is 27.3 Å². The van der Waals surface area contributed by atoms with Crippen molar-refractivity contribution >= 4 is 39.1 Å². The fraction of sp³-hybridized carbons (Fsp3) is 0.292. The first kappa shape index (κ1) is 24.4. The van der Waals surface area contributed by atoms with Crippen molar-refractivity contribution in [3.05, 3.63) is 74.5 Å². The summed E-state index contributed by atoms with van der Waals surface area (Å²) in [6.07, 6.45) is -2.90. The van der Waals surface area contributed by atoms with Gasteiger partial charge in [-0.05, 0) is 49.2 Å². The molecule has 1 aliphatic rings. The van der Waals surface area contributed by atoms with Gasteiger partial charge in [0.1, 0.15) is 0 Å². The van der Waals surface area contributed by atoms with Gasteiger partial charge >= 0.3 is 6.18 Å². The number of carbonyl (C=O) groups excluding carboxylic acids is 2. The van der Waals surface area contributed by atoms with Gasteiger partial charge in [0.2, 0.25) is 5.91 Å².